The van der Waals surface area contributed by atoms with Crippen LogP contribution in [0, 0.1) is 17.8 Å². The van der Waals surface area contributed by atoms with Crippen molar-refractivity contribution in [2.75, 3.05) is 13.1 Å². The number of nitrogens with zero attached hydrogens (tertiary/aromatic N) is 1. The maximum Gasteiger partial charge on any atom is 0.307 e. The molecule has 0 amide bonds. The summed E-state index contributed by atoms with van der Waals surface area (Å²) < 4.78 is 0. The molecule has 0 aromatic heterocycles. The largest absolute Gasteiger partial charge is 0.481 e. The molecule has 1 heterocycles. The number of carbonyl (C=O) groups is 1. The van der Waals surface area contributed by atoms with Crippen LogP contribution in [0.15, 0.2) is 0 Å². The van der Waals surface area contributed by atoms with Gasteiger partial charge in [-0.2, -0.15) is 0 Å². The van der Waals surface area contributed by atoms with Gasteiger partial charge in [0.1, 0.15) is 0 Å². The molecule has 3 heteroatoms. The molecule has 3 aliphatic rings. The van der Waals surface area contributed by atoms with E-state index in [0.717, 1.165) is 19.1 Å². The zero-order chi connectivity index (χ0) is 10.4. The Bertz CT molecular complexity index is 261. The van der Waals surface area contributed by atoms with Gasteiger partial charge in [-0.15, -0.1) is 0 Å². The number of carboxylic acid groups (broad SMARTS) is 1. The van der Waals surface area contributed by atoms with Crippen molar-refractivity contribution in [2.45, 2.75) is 38.1 Å². The van der Waals surface area contributed by atoms with E-state index in [1.54, 1.807) is 0 Å². The third-order valence-corrected chi connectivity index (χ3v) is 4.60. The van der Waals surface area contributed by atoms with Crippen LogP contribution < -0.4 is 0 Å². The quantitative estimate of drug-likeness (QED) is 0.750. The molecule has 3 atom stereocenters. The van der Waals surface area contributed by atoms with Gasteiger partial charge in [0.2, 0.25) is 0 Å². The predicted octanol–water partition coefficient (Wildman–Crippen LogP) is 1.58. The smallest absolute Gasteiger partial charge is 0.307 e. The zero-order valence-electron chi connectivity index (χ0n) is 9.06. The minimum Gasteiger partial charge on any atom is -0.481 e. The highest BCUT2D eigenvalue weighted by atomic mass is 16.4. The lowest BCUT2D eigenvalue weighted by Crippen LogP contribution is -2.37. The Morgan fingerprint density at radius 3 is 2.20 bits per heavy atom. The van der Waals surface area contributed by atoms with Gasteiger partial charge in [-0.1, -0.05) is 19.3 Å². The van der Waals surface area contributed by atoms with Crippen LogP contribution in [-0.2, 0) is 4.79 Å². The van der Waals surface area contributed by atoms with E-state index < -0.39 is 5.97 Å². The summed E-state index contributed by atoms with van der Waals surface area (Å²) in [6.07, 6.45) is 6.83. The maximum atomic E-state index is 10.8. The highest BCUT2D eigenvalue weighted by Gasteiger charge is 2.60. The first-order valence-corrected chi connectivity index (χ1v) is 6.24. The molecule has 0 radical (unpaired) electrons. The van der Waals surface area contributed by atoms with Gasteiger partial charge in [0.25, 0.3) is 0 Å². The Morgan fingerprint density at radius 2 is 1.67 bits per heavy atom. The second kappa shape index (κ2) is 3.48. The first-order valence-electron chi connectivity index (χ1n) is 6.24. The number of fused-ring (bicyclic) bond motifs is 1. The normalized spacial score (nSPS) is 41.5. The molecule has 15 heavy (non-hydrogen) atoms. The molecule has 0 aromatic carbocycles. The van der Waals surface area contributed by atoms with Crippen LogP contribution >= 0.6 is 0 Å². The molecule has 2 aliphatic carbocycles. The second-order valence-corrected chi connectivity index (χ2v) is 5.44. The van der Waals surface area contributed by atoms with Gasteiger partial charge >= 0.3 is 5.97 Å². The molecule has 1 unspecified atom stereocenters. The first kappa shape index (κ1) is 9.64. The van der Waals surface area contributed by atoms with Crippen molar-refractivity contribution >= 4 is 5.97 Å². The minimum absolute atomic E-state index is 0.00448. The molecule has 1 aliphatic heterocycles. The molecular formula is C12H19NO2. The number of carboxylic acids is 1. The molecule has 0 bridgehead atoms. The fourth-order valence-electron chi connectivity index (χ4n) is 3.67. The van der Waals surface area contributed by atoms with Gasteiger partial charge in [-0.3, -0.25) is 9.69 Å². The lowest BCUT2D eigenvalue weighted by molar-refractivity contribution is -0.139. The summed E-state index contributed by atoms with van der Waals surface area (Å²) in [5.41, 5.74) is 0. The number of aliphatic carboxylic acids is 1. The van der Waals surface area contributed by atoms with Crippen molar-refractivity contribution in [3.63, 3.8) is 0 Å². The van der Waals surface area contributed by atoms with Crippen molar-refractivity contribution in [3.8, 4) is 0 Å². The van der Waals surface area contributed by atoms with Crippen LogP contribution in [0.25, 0.3) is 0 Å². The van der Waals surface area contributed by atoms with E-state index in [2.05, 4.69) is 4.90 Å². The Balaban J connectivity index is 1.54. The molecule has 3 rings (SSSR count). The highest BCUT2D eigenvalue weighted by Crippen LogP contribution is 2.52. The average Bonchev–Trinajstić information content (AvgIpc) is 2.77. The Labute approximate surface area is 90.5 Å². The number of hydrogen-bond donors (Lipinski definition) is 1. The molecule has 3 nitrogen and oxygen atoms in total. The zero-order valence-corrected chi connectivity index (χ0v) is 9.06. The van der Waals surface area contributed by atoms with Crippen molar-refractivity contribution in [1.82, 2.24) is 4.90 Å². The fourth-order valence-corrected chi connectivity index (χ4v) is 3.67. The lowest BCUT2D eigenvalue weighted by atomic mass is 9.94. The Hall–Kier alpha value is -0.570. The molecular weight excluding hydrogens is 190 g/mol. The van der Waals surface area contributed by atoms with E-state index in [0.29, 0.717) is 11.8 Å². The van der Waals surface area contributed by atoms with Gasteiger partial charge in [-0.25, -0.2) is 0 Å². The summed E-state index contributed by atoms with van der Waals surface area (Å²) in [7, 11) is 0. The third-order valence-electron chi connectivity index (χ3n) is 4.60. The second-order valence-electron chi connectivity index (χ2n) is 5.44. The Morgan fingerprint density at radius 1 is 1.07 bits per heavy atom. The maximum absolute atomic E-state index is 10.8. The van der Waals surface area contributed by atoms with Gasteiger partial charge in [0.05, 0.1) is 5.92 Å². The number of likely N-dealkylation sites (tertiary alicyclic amines) is 1. The van der Waals surface area contributed by atoms with E-state index in [1.165, 1.54) is 32.1 Å². The molecule has 1 N–H and O–H groups in total. The van der Waals surface area contributed by atoms with Crippen LogP contribution in [0.3, 0.4) is 0 Å². The number of rotatable bonds is 2. The summed E-state index contributed by atoms with van der Waals surface area (Å²) in [4.78, 5) is 13.4. The summed E-state index contributed by atoms with van der Waals surface area (Å²) in [6, 6.07) is 0.779. The summed E-state index contributed by atoms with van der Waals surface area (Å²) in [5, 5.41) is 8.94. The molecule has 84 valence electrons. The number of piperidine rings is 1. The van der Waals surface area contributed by atoms with Gasteiger partial charge in [-0.05, 0) is 24.7 Å². The van der Waals surface area contributed by atoms with E-state index in [1.807, 2.05) is 0 Å². The predicted molar refractivity (Wildman–Crippen MR) is 56.6 cm³/mol. The van der Waals surface area contributed by atoms with E-state index >= 15 is 0 Å². The van der Waals surface area contributed by atoms with Gasteiger partial charge in [0, 0.05) is 19.1 Å². The molecule has 2 saturated carbocycles. The fraction of sp³-hybridized carbons (Fsp3) is 0.917. The van der Waals surface area contributed by atoms with Crippen LogP contribution in [-0.4, -0.2) is 35.1 Å². The first-order chi connectivity index (χ1) is 7.27. The monoisotopic (exact) mass is 209 g/mol. The topological polar surface area (TPSA) is 40.5 Å². The van der Waals surface area contributed by atoms with Crippen LogP contribution in [0.2, 0.25) is 0 Å². The standard InChI is InChI=1S/C12H19NO2/c14-12(15)11-9-6-13(7-10(9)11)8-4-2-1-3-5-8/h8-11H,1-7H2,(H,14,15)/t9-,10+,11?. The van der Waals surface area contributed by atoms with Crippen LogP contribution in [0.1, 0.15) is 32.1 Å². The summed E-state index contributed by atoms with van der Waals surface area (Å²) in [6.45, 7) is 2.12. The SMILES string of the molecule is O=C(O)C1[C@H]2CN(C3CCCCC3)C[C@@H]12. The summed E-state index contributed by atoms with van der Waals surface area (Å²) >= 11 is 0. The van der Waals surface area contributed by atoms with Crippen molar-refractivity contribution in [3.05, 3.63) is 0 Å². The van der Waals surface area contributed by atoms with E-state index in [4.69, 9.17) is 5.11 Å². The Kier molecular flexibility index (Phi) is 2.23. The van der Waals surface area contributed by atoms with Gasteiger partial charge < -0.3 is 5.11 Å². The highest BCUT2D eigenvalue weighted by molar-refractivity contribution is 5.74. The van der Waals surface area contributed by atoms with Crippen molar-refractivity contribution < 1.29 is 9.90 Å². The van der Waals surface area contributed by atoms with E-state index in [-0.39, 0.29) is 5.92 Å². The third kappa shape index (κ3) is 1.57. The molecule has 0 spiro atoms. The molecule has 0 aromatic rings. The number of hydrogen-bond acceptors (Lipinski definition) is 2. The lowest BCUT2D eigenvalue weighted by Gasteiger charge is -2.32. The molecule has 3 fully saturated rings. The van der Waals surface area contributed by atoms with E-state index in [9.17, 15) is 4.79 Å². The minimum atomic E-state index is -0.562. The van der Waals surface area contributed by atoms with Crippen molar-refractivity contribution in [1.29, 1.82) is 0 Å². The van der Waals surface area contributed by atoms with Crippen molar-refractivity contribution in [2.24, 2.45) is 17.8 Å². The van der Waals surface area contributed by atoms with Crippen LogP contribution in [0.4, 0.5) is 0 Å². The van der Waals surface area contributed by atoms with Crippen LogP contribution in [0.5, 0.6) is 0 Å². The average molecular weight is 209 g/mol. The summed E-state index contributed by atoms with van der Waals surface area (Å²) in [5.74, 6) is 0.423. The van der Waals surface area contributed by atoms with Gasteiger partial charge in [0.15, 0.2) is 0 Å². The molecule has 1 saturated heterocycles.